The maximum Gasteiger partial charge on any atom is 0.161 e. The maximum absolute atomic E-state index is 6.27. The molecule has 26 heavy (non-hydrogen) atoms. The summed E-state index contributed by atoms with van der Waals surface area (Å²) in [6, 6.07) is 25.7. The van der Waals surface area contributed by atoms with Gasteiger partial charge in [-0.3, -0.25) is 0 Å². The molecule has 2 heterocycles. The largest absolute Gasteiger partial charge is 0.456 e. The van der Waals surface area contributed by atoms with E-state index in [9.17, 15) is 0 Å². The summed E-state index contributed by atoms with van der Waals surface area (Å²) >= 11 is 6.27. The number of rotatable bonds is 2. The molecule has 3 nitrogen and oxygen atoms in total. The minimum absolute atomic E-state index is 0.422. The fraction of sp³-hybridized carbons (Fsp3) is 0. The summed E-state index contributed by atoms with van der Waals surface area (Å²) in [5.41, 5.74) is 4.44. The van der Waals surface area contributed by atoms with Crippen molar-refractivity contribution in [3.05, 3.63) is 84.0 Å². The predicted molar refractivity (Wildman–Crippen MR) is 105 cm³/mol. The Morgan fingerprint density at radius 2 is 1.42 bits per heavy atom. The molecule has 0 fully saturated rings. The molecule has 0 saturated heterocycles. The highest BCUT2D eigenvalue weighted by molar-refractivity contribution is 6.29. The van der Waals surface area contributed by atoms with E-state index < -0.39 is 0 Å². The van der Waals surface area contributed by atoms with Crippen LogP contribution >= 0.6 is 11.6 Å². The SMILES string of the molecule is Clc1cc(-c2ccc3oc4ccccc4c3c2)nc(-c2ccccc2)n1. The normalized spacial score (nSPS) is 11.3. The smallest absolute Gasteiger partial charge is 0.161 e. The van der Waals surface area contributed by atoms with Crippen molar-refractivity contribution in [3.63, 3.8) is 0 Å². The number of furan rings is 1. The second-order valence-electron chi connectivity index (χ2n) is 6.07. The van der Waals surface area contributed by atoms with Crippen LogP contribution in [-0.4, -0.2) is 9.97 Å². The molecule has 0 radical (unpaired) electrons. The Morgan fingerprint density at radius 1 is 0.654 bits per heavy atom. The average molecular weight is 357 g/mol. The zero-order valence-corrected chi connectivity index (χ0v) is 14.4. The van der Waals surface area contributed by atoms with Crippen LogP contribution in [-0.2, 0) is 0 Å². The van der Waals surface area contributed by atoms with Crippen LogP contribution in [0.3, 0.4) is 0 Å². The van der Waals surface area contributed by atoms with E-state index in [1.54, 1.807) is 6.07 Å². The van der Waals surface area contributed by atoms with E-state index in [1.807, 2.05) is 60.7 Å². The topological polar surface area (TPSA) is 38.9 Å². The highest BCUT2D eigenvalue weighted by atomic mass is 35.5. The highest BCUT2D eigenvalue weighted by Crippen LogP contribution is 2.32. The molecule has 0 spiro atoms. The molecule has 2 aromatic heterocycles. The number of benzene rings is 3. The van der Waals surface area contributed by atoms with Crippen LogP contribution in [0.5, 0.6) is 0 Å². The number of aromatic nitrogens is 2. The lowest BCUT2D eigenvalue weighted by atomic mass is 10.1. The van der Waals surface area contributed by atoms with Crippen molar-refractivity contribution >= 4 is 33.5 Å². The Labute approximate surface area is 154 Å². The Hall–Kier alpha value is -3.17. The molecule has 5 rings (SSSR count). The van der Waals surface area contributed by atoms with Gasteiger partial charge in [0.1, 0.15) is 16.3 Å². The third-order valence-corrected chi connectivity index (χ3v) is 4.59. The van der Waals surface area contributed by atoms with Crippen molar-refractivity contribution in [2.75, 3.05) is 0 Å². The van der Waals surface area contributed by atoms with Gasteiger partial charge in [-0.25, -0.2) is 9.97 Å². The van der Waals surface area contributed by atoms with Gasteiger partial charge >= 0.3 is 0 Å². The second kappa shape index (κ2) is 5.97. The Bertz CT molecular complexity index is 1250. The lowest BCUT2D eigenvalue weighted by Gasteiger charge is -2.06. The predicted octanol–water partition coefficient (Wildman–Crippen LogP) is 6.36. The van der Waals surface area contributed by atoms with Gasteiger partial charge < -0.3 is 4.42 Å². The molecule has 124 valence electrons. The molecule has 0 amide bonds. The molecule has 0 aliphatic rings. The zero-order valence-electron chi connectivity index (χ0n) is 13.7. The summed E-state index contributed by atoms with van der Waals surface area (Å²) in [7, 11) is 0. The number of para-hydroxylation sites is 1. The maximum atomic E-state index is 6.27. The summed E-state index contributed by atoms with van der Waals surface area (Å²) in [5.74, 6) is 0.616. The first-order valence-electron chi connectivity index (χ1n) is 8.30. The molecular formula is C22H13ClN2O. The van der Waals surface area contributed by atoms with Gasteiger partial charge in [-0.05, 0) is 24.3 Å². The van der Waals surface area contributed by atoms with E-state index in [0.717, 1.165) is 38.8 Å². The number of hydrogen-bond acceptors (Lipinski definition) is 3. The van der Waals surface area contributed by atoms with Gasteiger partial charge in [0.15, 0.2) is 5.82 Å². The highest BCUT2D eigenvalue weighted by Gasteiger charge is 2.11. The fourth-order valence-electron chi connectivity index (χ4n) is 3.17. The number of hydrogen-bond donors (Lipinski definition) is 0. The third kappa shape index (κ3) is 2.54. The zero-order chi connectivity index (χ0) is 17.5. The minimum Gasteiger partial charge on any atom is -0.456 e. The lowest BCUT2D eigenvalue weighted by molar-refractivity contribution is 0.669. The molecule has 0 saturated carbocycles. The summed E-state index contributed by atoms with van der Waals surface area (Å²) in [6.07, 6.45) is 0. The van der Waals surface area contributed by atoms with Crippen LogP contribution in [0.25, 0.3) is 44.6 Å². The van der Waals surface area contributed by atoms with Crippen LogP contribution in [0.4, 0.5) is 0 Å². The van der Waals surface area contributed by atoms with Gasteiger partial charge in [-0.1, -0.05) is 60.1 Å². The molecule has 0 aliphatic heterocycles. The van der Waals surface area contributed by atoms with Crippen LogP contribution in [0, 0.1) is 0 Å². The number of halogens is 1. The molecule has 0 bridgehead atoms. The van der Waals surface area contributed by atoms with Crippen LogP contribution < -0.4 is 0 Å². The van der Waals surface area contributed by atoms with Gasteiger partial charge in [0.2, 0.25) is 0 Å². The first-order valence-corrected chi connectivity index (χ1v) is 8.67. The van der Waals surface area contributed by atoms with Crippen LogP contribution in [0.15, 0.2) is 83.3 Å². The summed E-state index contributed by atoms with van der Waals surface area (Å²) in [6.45, 7) is 0. The van der Waals surface area contributed by atoms with Crippen molar-refractivity contribution in [2.24, 2.45) is 0 Å². The van der Waals surface area contributed by atoms with Crippen molar-refractivity contribution in [1.82, 2.24) is 9.97 Å². The quantitative estimate of drug-likeness (QED) is 0.345. The summed E-state index contributed by atoms with van der Waals surface area (Å²) in [4.78, 5) is 9.09. The van der Waals surface area contributed by atoms with Crippen molar-refractivity contribution < 1.29 is 4.42 Å². The molecule has 0 N–H and O–H groups in total. The average Bonchev–Trinajstić information content (AvgIpc) is 3.06. The monoisotopic (exact) mass is 356 g/mol. The molecule has 4 heteroatoms. The fourth-order valence-corrected chi connectivity index (χ4v) is 3.35. The van der Waals surface area contributed by atoms with Crippen LogP contribution in [0.2, 0.25) is 5.15 Å². The molecule has 3 aromatic carbocycles. The Morgan fingerprint density at radius 3 is 2.31 bits per heavy atom. The molecule has 0 aliphatic carbocycles. The Balaban J connectivity index is 1.70. The first kappa shape index (κ1) is 15.1. The third-order valence-electron chi connectivity index (χ3n) is 4.40. The van der Waals surface area contributed by atoms with Crippen molar-refractivity contribution in [3.8, 4) is 22.6 Å². The second-order valence-corrected chi connectivity index (χ2v) is 6.46. The van der Waals surface area contributed by atoms with E-state index in [-0.39, 0.29) is 0 Å². The van der Waals surface area contributed by atoms with Gasteiger partial charge in [0.25, 0.3) is 0 Å². The van der Waals surface area contributed by atoms with E-state index in [2.05, 4.69) is 17.1 Å². The number of fused-ring (bicyclic) bond motifs is 3. The van der Waals surface area contributed by atoms with Crippen molar-refractivity contribution in [2.45, 2.75) is 0 Å². The van der Waals surface area contributed by atoms with Gasteiger partial charge in [-0.2, -0.15) is 0 Å². The van der Waals surface area contributed by atoms with Gasteiger partial charge in [0.05, 0.1) is 5.69 Å². The Kier molecular flexibility index (Phi) is 3.47. The van der Waals surface area contributed by atoms with E-state index in [0.29, 0.717) is 11.0 Å². The van der Waals surface area contributed by atoms with E-state index in [1.165, 1.54) is 0 Å². The minimum atomic E-state index is 0.422. The van der Waals surface area contributed by atoms with Crippen molar-refractivity contribution in [1.29, 1.82) is 0 Å². The standard InChI is InChI=1S/C22H13ClN2O/c23-21-13-18(24-22(25-21)14-6-2-1-3-7-14)15-10-11-20-17(12-15)16-8-4-5-9-19(16)26-20/h1-13H. The van der Waals surface area contributed by atoms with E-state index in [4.69, 9.17) is 21.0 Å². The molecule has 0 unspecified atom stereocenters. The van der Waals surface area contributed by atoms with Gasteiger partial charge in [-0.15, -0.1) is 0 Å². The molecule has 0 atom stereocenters. The summed E-state index contributed by atoms with van der Waals surface area (Å²) in [5, 5.41) is 2.58. The molecular weight excluding hydrogens is 344 g/mol. The first-order chi connectivity index (χ1) is 12.8. The summed E-state index contributed by atoms with van der Waals surface area (Å²) < 4.78 is 5.90. The molecule has 5 aromatic rings. The van der Waals surface area contributed by atoms with E-state index >= 15 is 0 Å². The number of nitrogens with zero attached hydrogens (tertiary/aromatic N) is 2. The van der Waals surface area contributed by atoms with Crippen LogP contribution in [0.1, 0.15) is 0 Å². The van der Waals surface area contributed by atoms with Gasteiger partial charge in [0, 0.05) is 28.0 Å². The lowest BCUT2D eigenvalue weighted by Crippen LogP contribution is -1.93.